The van der Waals surface area contributed by atoms with Gasteiger partial charge in [-0.2, -0.15) is 0 Å². The van der Waals surface area contributed by atoms with Gasteiger partial charge in [-0.05, 0) is 67.0 Å². The summed E-state index contributed by atoms with van der Waals surface area (Å²) in [6.45, 7) is 23.1. The van der Waals surface area contributed by atoms with Crippen LogP contribution in [-0.4, -0.2) is 150 Å². The van der Waals surface area contributed by atoms with E-state index in [1.54, 1.807) is 42.3 Å². The second-order valence-electron chi connectivity index (χ2n) is 19.1. The minimum atomic E-state index is -0.978. The Bertz CT molecular complexity index is 1790. The molecule has 0 radical (unpaired) electrons. The second kappa shape index (κ2) is 23.1. The molecule has 0 unspecified atom stereocenters. The fourth-order valence-electron chi connectivity index (χ4n) is 8.78. The van der Waals surface area contributed by atoms with Crippen LogP contribution in [0.1, 0.15) is 95.1 Å². The molecule has 1 aromatic heterocycles. The number of likely N-dealkylation sites (N-methyl/N-ethyl adjacent to an activating group) is 6. The number of rotatable bonds is 22. The van der Waals surface area contributed by atoms with Crippen LogP contribution >= 0.6 is 0 Å². The highest BCUT2D eigenvalue weighted by Crippen LogP contribution is 2.25. The summed E-state index contributed by atoms with van der Waals surface area (Å²) in [7, 11) is 9.71. The van der Waals surface area contributed by atoms with E-state index < -0.39 is 48.1 Å². The van der Waals surface area contributed by atoms with Gasteiger partial charge in [0.05, 0.1) is 6.04 Å². The lowest BCUT2D eigenvalue weighted by atomic mass is 9.93. The lowest BCUT2D eigenvalue weighted by Crippen LogP contribution is -2.63. The van der Waals surface area contributed by atoms with Gasteiger partial charge in [0.2, 0.25) is 35.4 Å². The summed E-state index contributed by atoms with van der Waals surface area (Å²) in [5, 5.41) is 7.21. The number of nitrogens with zero attached hydrogens (tertiary/aromatic N) is 5. The fraction of sp³-hybridized carbons (Fsp3) is 0.702. The lowest BCUT2D eigenvalue weighted by molar-refractivity contribution is -0.158. The first-order valence-electron chi connectivity index (χ1n) is 22.2. The molecule has 0 fully saturated rings. The Morgan fingerprint density at radius 3 is 1.39 bits per heavy atom. The van der Waals surface area contributed by atoms with Crippen LogP contribution in [0.2, 0.25) is 0 Å². The van der Waals surface area contributed by atoms with Crippen LogP contribution in [0.25, 0.3) is 10.9 Å². The average Bonchev–Trinajstić information content (AvgIpc) is 3.58. The van der Waals surface area contributed by atoms with Gasteiger partial charge >= 0.3 is 0 Å². The lowest BCUT2D eigenvalue weighted by Gasteiger charge is -2.42. The van der Waals surface area contributed by atoms with Crippen LogP contribution in [0.5, 0.6) is 0 Å². The van der Waals surface area contributed by atoms with Gasteiger partial charge in [0.25, 0.3) is 0 Å². The van der Waals surface area contributed by atoms with Crippen molar-refractivity contribution < 1.29 is 28.8 Å². The Balaban J connectivity index is 2.37. The van der Waals surface area contributed by atoms with Gasteiger partial charge in [-0.1, -0.05) is 101 Å². The maximum Gasteiger partial charge on any atom is 0.246 e. The van der Waals surface area contributed by atoms with Gasteiger partial charge in [0.15, 0.2) is 0 Å². The minimum absolute atomic E-state index is 0.0102. The molecule has 6 atom stereocenters. The highest BCUT2D eigenvalue weighted by atomic mass is 16.2. The van der Waals surface area contributed by atoms with Gasteiger partial charge < -0.3 is 40.1 Å². The molecule has 2 aromatic rings. The number of H-pyrrole nitrogens is 1. The van der Waals surface area contributed by atoms with Crippen molar-refractivity contribution in [1.82, 2.24) is 40.1 Å². The topological polar surface area (TPSA) is 158 Å². The quantitative estimate of drug-likeness (QED) is 0.153. The minimum Gasteiger partial charge on any atom is -0.361 e. The fourth-order valence-corrected chi connectivity index (χ4v) is 8.78. The third-order valence-electron chi connectivity index (χ3n) is 12.0. The van der Waals surface area contributed by atoms with E-state index in [-0.39, 0.29) is 59.1 Å². The van der Waals surface area contributed by atoms with E-state index in [0.717, 1.165) is 16.5 Å². The maximum atomic E-state index is 14.7. The first-order chi connectivity index (χ1) is 28.3. The normalized spacial score (nSPS) is 14.9. The van der Waals surface area contributed by atoms with Crippen molar-refractivity contribution in [1.29, 1.82) is 0 Å². The largest absolute Gasteiger partial charge is 0.361 e. The Morgan fingerprint density at radius 2 is 0.984 bits per heavy atom. The van der Waals surface area contributed by atoms with Gasteiger partial charge in [-0.3, -0.25) is 28.8 Å². The molecule has 0 aliphatic carbocycles. The number of amides is 6. The molecule has 0 saturated carbocycles. The summed E-state index contributed by atoms with van der Waals surface area (Å²) in [4.78, 5) is 96.1. The summed E-state index contributed by atoms with van der Waals surface area (Å²) in [5.74, 6) is -3.28. The van der Waals surface area contributed by atoms with E-state index in [4.69, 9.17) is 0 Å². The molecule has 3 N–H and O–H groups in total. The smallest absolute Gasteiger partial charge is 0.246 e. The molecule has 0 aliphatic heterocycles. The summed E-state index contributed by atoms with van der Waals surface area (Å²) >= 11 is 0. The number of benzene rings is 1. The van der Waals surface area contributed by atoms with Crippen LogP contribution in [0.4, 0.5) is 0 Å². The molecule has 0 aliphatic rings. The third kappa shape index (κ3) is 12.8. The Morgan fingerprint density at radius 1 is 0.557 bits per heavy atom. The van der Waals surface area contributed by atoms with E-state index in [2.05, 4.69) is 15.6 Å². The molecule has 0 saturated heterocycles. The van der Waals surface area contributed by atoms with Crippen LogP contribution in [-0.2, 0) is 35.2 Å². The van der Waals surface area contributed by atoms with Crippen molar-refractivity contribution in [3.05, 3.63) is 36.0 Å². The molecule has 0 spiro atoms. The zero-order chi connectivity index (χ0) is 46.8. The molecule has 2 rings (SSSR count). The zero-order valence-corrected chi connectivity index (χ0v) is 40.6. The number of para-hydroxylation sites is 1. The van der Waals surface area contributed by atoms with E-state index in [9.17, 15) is 28.8 Å². The molecule has 1 aromatic carbocycles. The molecule has 61 heavy (non-hydrogen) atoms. The monoisotopic (exact) mass is 853 g/mol. The Labute approximate surface area is 366 Å². The van der Waals surface area contributed by atoms with E-state index in [1.807, 2.05) is 114 Å². The van der Waals surface area contributed by atoms with Crippen LogP contribution in [0.3, 0.4) is 0 Å². The molecule has 344 valence electrons. The van der Waals surface area contributed by atoms with E-state index in [1.165, 1.54) is 24.5 Å². The molecule has 1 heterocycles. The molecule has 0 bridgehead atoms. The molecular formula is C47H80N8O6. The molecule has 14 heteroatoms. The standard InChI is InChI=1S/C47H80N8O6/c1-27(2)25-36(51(14)44(58)37(48-13)28(3)4)43(57)53(16)39(30(7)8)46(60)55(18)41(32(11)12)47(61)54(17)40(31(9)10)45(59)52(15)38(29(5)6)42(56)49-24-23-33-26-50-35-22-20-19-21-34(33)35/h19-22,26-32,36-41,48,50H,23-25H2,1-18H3,(H,49,56)/t36-,37-,38-,39-,40-,41-/m1/s1. The predicted molar refractivity (Wildman–Crippen MR) is 244 cm³/mol. The van der Waals surface area contributed by atoms with Crippen molar-refractivity contribution in [3.8, 4) is 0 Å². The third-order valence-corrected chi connectivity index (χ3v) is 12.0. The molecular weight excluding hydrogens is 773 g/mol. The van der Waals surface area contributed by atoms with Crippen LogP contribution in [0, 0.1) is 35.5 Å². The first kappa shape index (κ1) is 52.7. The number of carbonyl (C=O) groups is 6. The summed E-state index contributed by atoms with van der Waals surface area (Å²) in [5.41, 5.74) is 2.11. The van der Waals surface area contributed by atoms with Crippen molar-refractivity contribution in [2.24, 2.45) is 35.5 Å². The van der Waals surface area contributed by atoms with E-state index >= 15 is 0 Å². The first-order valence-corrected chi connectivity index (χ1v) is 22.2. The number of hydrogen-bond acceptors (Lipinski definition) is 7. The number of fused-ring (bicyclic) bond motifs is 1. The second-order valence-corrected chi connectivity index (χ2v) is 19.1. The summed E-state index contributed by atoms with van der Waals surface area (Å²) in [6, 6.07) is 3.02. The number of hydrogen-bond donors (Lipinski definition) is 3. The maximum absolute atomic E-state index is 14.7. The van der Waals surface area contributed by atoms with Crippen molar-refractivity contribution >= 4 is 46.3 Å². The highest BCUT2D eigenvalue weighted by Gasteiger charge is 2.44. The Hall–Kier alpha value is -4.46. The summed E-state index contributed by atoms with van der Waals surface area (Å²) < 4.78 is 0. The highest BCUT2D eigenvalue weighted by molar-refractivity contribution is 5.97. The number of aromatic nitrogens is 1. The predicted octanol–water partition coefficient (Wildman–Crippen LogP) is 4.88. The Kier molecular flexibility index (Phi) is 20.0. The summed E-state index contributed by atoms with van der Waals surface area (Å²) in [6.07, 6.45) is 2.96. The van der Waals surface area contributed by atoms with Gasteiger partial charge in [-0.15, -0.1) is 0 Å². The zero-order valence-electron chi connectivity index (χ0n) is 40.6. The van der Waals surface area contributed by atoms with Crippen molar-refractivity contribution in [3.63, 3.8) is 0 Å². The van der Waals surface area contributed by atoms with Gasteiger partial charge in [0, 0.05) is 58.9 Å². The van der Waals surface area contributed by atoms with Crippen LogP contribution < -0.4 is 10.6 Å². The average molecular weight is 853 g/mol. The SMILES string of the molecule is CN[C@@H](C(=O)N(C)[C@H](CC(C)C)C(=O)N(C)[C@@H](C(=O)N(C)[C@@H](C(=O)N(C)[C@@H](C(=O)N(C)[C@@H](C(=O)NCCc1c[nH]c2ccccc12)C(C)C)C(C)C)C(C)C)C(C)C)C(C)C. The number of aromatic amines is 1. The number of carbonyl (C=O) groups excluding carboxylic acids is 6. The van der Waals surface area contributed by atoms with Gasteiger partial charge in [0.1, 0.15) is 30.2 Å². The van der Waals surface area contributed by atoms with Crippen molar-refractivity contribution in [2.45, 2.75) is 132 Å². The van der Waals surface area contributed by atoms with Crippen LogP contribution in [0.15, 0.2) is 30.5 Å². The molecule has 6 amide bonds. The molecule has 14 nitrogen and oxygen atoms in total. The van der Waals surface area contributed by atoms with E-state index in [0.29, 0.717) is 19.4 Å². The van der Waals surface area contributed by atoms with Gasteiger partial charge in [-0.25, -0.2) is 0 Å². The van der Waals surface area contributed by atoms with Crippen molar-refractivity contribution in [2.75, 3.05) is 48.8 Å². The number of nitrogens with one attached hydrogen (secondary N) is 3.